The van der Waals surface area contributed by atoms with E-state index in [0.29, 0.717) is 24.8 Å². The third-order valence-electron chi connectivity index (χ3n) is 4.30. The Kier molecular flexibility index (Phi) is 8.11. The highest BCUT2D eigenvalue weighted by molar-refractivity contribution is 5.69. The van der Waals surface area contributed by atoms with Crippen LogP contribution in [0, 0.1) is 11.8 Å². The van der Waals surface area contributed by atoms with Crippen molar-refractivity contribution < 1.29 is 9.53 Å². The topological polar surface area (TPSA) is 52.3 Å². The minimum Gasteiger partial charge on any atom is -0.462 e. The van der Waals surface area contributed by atoms with Gasteiger partial charge in [-0.05, 0) is 56.9 Å². The summed E-state index contributed by atoms with van der Waals surface area (Å²) in [5, 5.41) is 0. The lowest BCUT2D eigenvalue weighted by Gasteiger charge is -2.20. The fraction of sp³-hybridized carbons (Fsp3) is 0.938. The second-order valence-corrected chi connectivity index (χ2v) is 6.22. The fourth-order valence-corrected chi connectivity index (χ4v) is 2.93. The normalized spacial score (nSPS) is 19.2. The Morgan fingerprint density at radius 3 is 2.32 bits per heavy atom. The van der Waals surface area contributed by atoms with Gasteiger partial charge in [0.25, 0.3) is 0 Å². The van der Waals surface area contributed by atoms with Crippen LogP contribution in [0.1, 0.15) is 71.6 Å². The quantitative estimate of drug-likeness (QED) is 0.567. The predicted molar refractivity (Wildman–Crippen MR) is 78.8 cm³/mol. The van der Waals surface area contributed by atoms with Gasteiger partial charge in [0.2, 0.25) is 0 Å². The first-order chi connectivity index (χ1) is 9.13. The molecule has 0 bridgehead atoms. The summed E-state index contributed by atoms with van der Waals surface area (Å²) in [5.41, 5.74) is 5.62. The van der Waals surface area contributed by atoms with Crippen LogP contribution in [-0.2, 0) is 9.53 Å². The zero-order valence-electron chi connectivity index (χ0n) is 12.7. The second kappa shape index (κ2) is 9.35. The van der Waals surface area contributed by atoms with Crippen LogP contribution in [0.15, 0.2) is 0 Å². The van der Waals surface area contributed by atoms with E-state index in [-0.39, 0.29) is 12.1 Å². The zero-order chi connectivity index (χ0) is 14.1. The van der Waals surface area contributed by atoms with Gasteiger partial charge in [-0.2, -0.15) is 0 Å². The molecule has 1 unspecified atom stereocenters. The number of ether oxygens (including phenoxy) is 1. The van der Waals surface area contributed by atoms with Crippen molar-refractivity contribution in [3.63, 3.8) is 0 Å². The highest BCUT2D eigenvalue weighted by Gasteiger charge is 2.19. The van der Waals surface area contributed by atoms with E-state index < -0.39 is 0 Å². The number of carbonyl (C=O) groups is 1. The van der Waals surface area contributed by atoms with Crippen molar-refractivity contribution in [1.29, 1.82) is 0 Å². The van der Waals surface area contributed by atoms with E-state index in [9.17, 15) is 4.79 Å². The van der Waals surface area contributed by atoms with Crippen LogP contribution in [0.2, 0.25) is 0 Å². The third-order valence-corrected chi connectivity index (χ3v) is 4.30. The maximum atomic E-state index is 11.9. The van der Waals surface area contributed by atoms with Gasteiger partial charge in [0, 0.05) is 6.42 Å². The average molecular weight is 269 g/mol. The number of hydrogen-bond acceptors (Lipinski definition) is 3. The van der Waals surface area contributed by atoms with E-state index >= 15 is 0 Å². The van der Waals surface area contributed by atoms with Gasteiger partial charge in [0.05, 0.1) is 0 Å². The highest BCUT2D eigenvalue weighted by Crippen LogP contribution is 2.23. The number of nitrogens with two attached hydrogens (primary N) is 1. The summed E-state index contributed by atoms with van der Waals surface area (Å²) < 4.78 is 5.61. The Hall–Kier alpha value is -0.570. The molecular formula is C16H31NO2. The number of hydrogen-bond donors (Lipinski definition) is 1. The molecule has 1 fully saturated rings. The molecule has 112 valence electrons. The van der Waals surface area contributed by atoms with E-state index in [1.807, 2.05) is 0 Å². The van der Waals surface area contributed by atoms with Crippen LogP contribution in [-0.4, -0.2) is 18.6 Å². The summed E-state index contributed by atoms with van der Waals surface area (Å²) in [7, 11) is 0. The van der Waals surface area contributed by atoms with Crippen molar-refractivity contribution in [2.24, 2.45) is 17.6 Å². The maximum absolute atomic E-state index is 11.9. The zero-order valence-corrected chi connectivity index (χ0v) is 12.7. The van der Waals surface area contributed by atoms with Crippen molar-refractivity contribution in [3.8, 4) is 0 Å². The highest BCUT2D eigenvalue weighted by atomic mass is 16.5. The van der Waals surface area contributed by atoms with Crippen molar-refractivity contribution in [3.05, 3.63) is 0 Å². The average Bonchev–Trinajstić information content (AvgIpc) is 2.62. The van der Waals surface area contributed by atoms with Gasteiger partial charge in [0.15, 0.2) is 0 Å². The lowest BCUT2D eigenvalue weighted by atomic mass is 9.88. The Bertz CT molecular complexity index is 245. The lowest BCUT2D eigenvalue weighted by molar-refractivity contribution is -0.150. The van der Waals surface area contributed by atoms with Crippen molar-refractivity contribution >= 4 is 5.97 Å². The molecule has 0 spiro atoms. The van der Waals surface area contributed by atoms with Crippen LogP contribution in [0.4, 0.5) is 0 Å². The second-order valence-electron chi connectivity index (χ2n) is 6.22. The summed E-state index contributed by atoms with van der Waals surface area (Å²) in [6, 6.07) is 0. The largest absolute Gasteiger partial charge is 0.462 e. The molecule has 3 heteroatoms. The smallest absolute Gasteiger partial charge is 0.306 e. The summed E-state index contributed by atoms with van der Waals surface area (Å²) in [5.74, 6) is 1.13. The number of rotatable bonds is 7. The van der Waals surface area contributed by atoms with Crippen molar-refractivity contribution in [1.82, 2.24) is 0 Å². The summed E-state index contributed by atoms with van der Waals surface area (Å²) in [6.07, 6.45) is 9.78. The standard InChI is InChI=1S/C16H31NO2/c1-13(2)14(11-12-17)9-10-16(18)19-15-7-5-3-4-6-8-15/h13-15H,3-12,17H2,1-2H3. The molecule has 0 radical (unpaired) electrons. The first kappa shape index (κ1) is 16.5. The molecule has 0 heterocycles. The Labute approximate surface area is 118 Å². The molecule has 0 aromatic heterocycles. The molecule has 0 aromatic rings. The van der Waals surface area contributed by atoms with Crippen molar-refractivity contribution in [2.45, 2.75) is 77.7 Å². The van der Waals surface area contributed by atoms with Crippen molar-refractivity contribution in [2.75, 3.05) is 6.54 Å². The van der Waals surface area contributed by atoms with E-state index in [0.717, 1.165) is 25.7 Å². The van der Waals surface area contributed by atoms with Crippen LogP contribution in [0.25, 0.3) is 0 Å². The molecule has 19 heavy (non-hydrogen) atoms. The minimum atomic E-state index is -0.00503. The van der Waals surface area contributed by atoms with Crippen LogP contribution < -0.4 is 5.73 Å². The molecule has 0 saturated heterocycles. The van der Waals surface area contributed by atoms with Gasteiger partial charge in [-0.1, -0.05) is 26.7 Å². The number of esters is 1. The Balaban J connectivity index is 2.25. The van der Waals surface area contributed by atoms with Crippen LogP contribution in [0.3, 0.4) is 0 Å². The van der Waals surface area contributed by atoms with E-state index in [1.165, 1.54) is 25.7 Å². The first-order valence-corrected chi connectivity index (χ1v) is 8.03. The predicted octanol–water partition coefficient (Wildman–Crippen LogP) is 3.65. The monoisotopic (exact) mass is 269 g/mol. The van der Waals surface area contributed by atoms with E-state index in [1.54, 1.807) is 0 Å². The van der Waals surface area contributed by atoms with Gasteiger partial charge >= 0.3 is 5.97 Å². The molecule has 0 amide bonds. The summed E-state index contributed by atoms with van der Waals surface area (Å²) >= 11 is 0. The maximum Gasteiger partial charge on any atom is 0.306 e. The molecule has 1 atom stereocenters. The van der Waals surface area contributed by atoms with Gasteiger partial charge in [-0.3, -0.25) is 4.79 Å². The molecule has 1 rings (SSSR count). The van der Waals surface area contributed by atoms with Crippen LogP contribution >= 0.6 is 0 Å². The van der Waals surface area contributed by atoms with Gasteiger partial charge in [-0.25, -0.2) is 0 Å². The minimum absolute atomic E-state index is 0.00503. The molecule has 0 aliphatic heterocycles. The number of carbonyl (C=O) groups excluding carboxylic acids is 1. The van der Waals surface area contributed by atoms with E-state index in [2.05, 4.69) is 13.8 Å². The first-order valence-electron chi connectivity index (χ1n) is 8.03. The molecule has 1 saturated carbocycles. The summed E-state index contributed by atoms with van der Waals surface area (Å²) in [6.45, 7) is 5.12. The molecule has 0 aromatic carbocycles. The molecule has 1 aliphatic carbocycles. The molecular weight excluding hydrogens is 238 g/mol. The lowest BCUT2D eigenvalue weighted by Crippen LogP contribution is -2.20. The Morgan fingerprint density at radius 2 is 1.79 bits per heavy atom. The Morgan fingerprint density at radius 1 is 1.16 bits per heavy atom. The fourth-order valence-electron chi connectivity index (χ4n) is 2.93. The van der Waals surface area contributed by atoms with E-state index in [4.69, 9.17) is 10.5 Å². The third kappa shape index (κ3) is 6.95. The molecule has 3 nitrogen and oxygen atoms in total. The SMILES string of the molecule is CC(C)C(CCN)CCC(=O)OC1CCCCCC1. The molecule has 2 N–H and O–H groups in total. The van der Waals surface area contributed by atoms with Gasteiger partial charge in [0.1, 0.15) is 6.10 Å². The van der Waals surface area contributed by atoms with Gasteiger partial charge < -0.3 is 10.5 Å². The summed E-state index contributed by atoms with van der Waals surface area (Å²) in [4.78, 5) is 11.9. The van der Waals surface area contributed by atoms with Gasteiger partial charge in [-0.15, -0.1) is 0 Å². The van der Waals surface area contributed by atoms with Crippen LogP contribution in [0.5, 0.6) is 0 Å². The molecule has 1 aliphatic rings.